The lowest BCUT2D eigenvalue weighted by atomic mass is 10.0. The molecule has 2 heterocycles. The molecule has 1 aromatic carbocycles. The number of nitrogens with one attached hydrogen (secondary N) is 1. The number of aryl methyl sites for hydroxylation is 1. The molecule has 1 aliphatic heterocycles. The predicted octanol–water partition coefficient (Wildman–Crippen LogP) is 3.93. The largest absolute Gasteiger partial charge is 0.450 e. The minimum Gasteiger partial charge on any atom is -0.450 e. The zero-order valence-corrected chi connectivity index (χ0v) is 15.1. The molecule has 1 aromatic heterocycles. The van der Waals surface area contributed by atoms with Crippen molar-refractivity contribution in [1.82, 2.24) is 9.78 Å². The number of ether oxygens (including phenoxy) is 1. The van der Waals surface area contributed by atoms with Crippen molar-refractivity contribution >= 4 is 40.5 Å². The molecule has 3 rings (SSSR count). The van der Waals surface area contributed by atoms with Crippen LogP contribution in [0.5, 0.6) is 0 Å². The van der Waals surface area contributed by atoms with E-state index < -0.39 is 17.7 Å². The first-order valence-electron chi connectivity index (χ1n) is 7.72. The van der Waals surface area contributed by atoms with Gasteiger partial charge in [0, 0.05) is 12.6 Å². The fourth-order valence-corrected chi connectivity index (χ4v) is 3.72. The molecule has 0 unspecified atom stereocenters. The minimum atomic E-state index is -0.608. The number of nitrogens with zero attached hydrogens (tertiary/aromatic N) is 3. The molecule has 1 N–H and O–H groups in total. The van der Waals surface area contributed by atoms with Gasteiger partial charge < -0.3 is 9.64 Å². The highest BCUT2D eigenvalue weighted by Gasteiger charge is 2.23. The van der Waals surface area contributed by atoms with Gasteiger partial charge in [-0.05, 0) is 43.6 Å². The molecule has 0 radical (unpaired) electrons. The number of fused-ring (bicyclic) bond motifs is 1. The maximum absolute atomic E-state index is 14.2. The second kappa shape index (κ2) is 7.44. The molecule has 2 aromatic rings. The van der Waals surface area contributed by atoms with E-state index in [1.54, 1.807) is 11.8 Å². The van der Waals surface area contributed by atoms with Gasteiger partial charge in [-0.2, -0.15) is 0 Å². The summed E-state index contributed by atoms with van der Waals surface area (Å²) in [4.78, 5) is 13.2. The van der Waals surface area contributed by atoms with Crippen LogP contribution in [-0.4, -0.2) is 29.0 Å². The number of hydrogen-bond donors (Lipinski definition) is 1. The maximum atomic E-state index is 14.2. The van der Waals surface area contributed by atoms with Crippen LogP contribution in [0.15, 0.2) is 12.1 Å². The Hall–Kier alpha value is -2.07. The van der Waals surface area contributed by atoms with Crippen LogP contribution in [0, 0.1) is 15.6 Å². The molecule has 0 saturated heterocycles. The summed E-state index contributed by atoms with van der Waals surface area (Å²) >= 11 is 6.38. The van der Waals surface area contributed by atoms with E-state index in [0.29, 0.717) is 33.3 Å². The standard InChI is InChI=1S/C15H16F2N4O2S2/c1-2-23-14(22)18-13-19-21(15(24)25-13)8-20-5-3-4-9-6-10(16)7-11(17)12(9)20/h6-7H,2-5,8H2,1H3,(H,18,19,22). The lowest BCUT2D eigenvalue weighted by Crippen LogP contribution is -2.33. The molecule has 0 atom stereocenters. The predicted molar refractivity (Wildman–Crippen MR) is 93.6 cm³/mol. The van der Waals surface area contributed by atoms with Gasteiger partial charge in [0.2, 0.25) is 5.13 Å². The monoisotopic (exact) mass is 386 g/mol. The van der Waals surface area contributed by atoms with Crippen LogP contribution in [-0.2, 0) is 17.8 Å². The zero-order valence-electron chi connectivity index (χ0n) is 13.4. The van der Waals surface area contributed by atoms with Crippen LogP contribution in [0.4, 0.5) is 24.4 Å². The van der Waals surface area contributed by atoms with Gasteiger partial charge in [-0.25, -0.2) is 18.3 Å². The number of rotatable bonds is 4. The van der Waals surface area contributed by atoms with Crippen molar-refractivity contribution in [2.45, 2.75) is 26.4 Å². The summed E-state index contributed by atoms with van der Waals surface area (Å²) in [6.45, 7) is 2.77. The summed E-state index contributed by atoms with van der Waals surface area (Å²) in [5.74, 6) is -1.18. The molecule has 1 aliphatic rings. The number of hydrogen-bond acceptors (Lipinski definition) is 6. The number of benzene rings is 1. The van der Waals surface area contributed by atoms with Gasteiger partial charge in [-0.3, -0.25) is 5.32 Å². The molecule has 0 spiro atoms. The molecule has 0 fully saturated rings. The third-order valence-electron chi connectivity index (χ3n) is 3.69. The summed E-state index contributed by atoms with van der Waals surface area (Å²) in [5, 5.41) is 7.03. The molecule has 134 valence electrons. The Morgan fingerprint density at radius 3 is 3.04 bits per heavy atom. The number of aromatic nitrogens is 2. The van der Waals surface area contributed by atoms with Crippen LogP contribution in [0.1, 0.15) is 18.9 Å². The second-order valence-electron chi connectivity index (χ2n) is 5.42. The molecule has 6 nitrogen and oxygen atoms in total. The number of amides is 1. The first-order chi connectivity index (χ1) is 12.0. The van der Waals surface area contributed by atoms with E-state index in [1.165, 1.54) is 10.7 Å². The fourth-order valence-electron chi connectivity index (χ4n) is 2.74. The average molecular weight is 386 g/mol. The van der Waals surface area contributed by atoms with Crippen molar-refractivity contribution in [3.8, 4) is 0 Å². The van der Waals surface area contributed by atoms with E-state index in [0.717, 1.165) is 23.8 Å². The van der Waals surface area contributed by atoms with E-state index in [4.69, 9.17) is 17.0 Å². The van der Waals surface area contributed by atoms with Gasteiger partial charge in [0.1, 0.15) is 18.3 Å². The third-order valence-corrected chi connectivity index (χ3v) is 4.92. The Labute approximate surface area is 152 Å². The summed E-state index contributed by atoms with van der Waals surface area (Å²) in [5.41, 5.74) is 1.01. The van der Waals surface area contributed by atoms with Gasteiger partial charge in [0.05, 0.1) is 12.3 Å². The molecule has 0 aliphatic carbocycles. The minimum absolute atomic E-state index is 0.218. The first-order valence-corrected chi connectivity index (χ1v) is 8.95. The molecule has 25 heavy (non-hydrogen) atoms. The highest BCUT2D eigenvalue weighted by Crippen LogP contribution is 2.31. The number of carbonyl (C=O) groups is 1. The van der Waals surface area contributed by atoms with Crippen LogP contribution in [0.3, 0.4) is 0 Å². The van der Waals surface area contributed by atoms with E-state index in [2.05, 4.69) is 10.4 Å². The summed E-state index contributed by atoms with van der Waals surface area (Å²) in [7, 11) is 0. The normalized spacial score (nSPS) is 13.5. The summed E-state index contributed by atoms with van der Waals surface area (Å²) in [6, 6.07) is 2.24. The smallest absolute Gasteiger partial charge is 0.413 e. The second-order valence-corrected chi connectivity index (χ2v) is 7.04. The van der Waals surface area contributed by atoms with Crippen LogP contribution in [0.2, 0.25) is 0 Å². The van der Waals surface area contributed by atoms with Gasteiger partial charge in [-0.1, -0.05) is 11.3 Å². The van der Waals surface area contributed by atoms with Crippen molar-refractivity contribution in [3.63, 3.8) is 0 Å². The molecular weight excluding hydrogens is 370 g/mol. The fraction of sp³-hybridized carbons (Fsp3) is 0.400. The van der Waals surface area contributed by atoms with Crippen molar-refractivity contribution in [2.75, 3.05) is 23.4 Å². The highest BCUT2D eigenvalue weighted by atomic mass is 32.1. The Bertz CT molecular complexity index is 853. The molecular formula is C15H16F2N4O2S2. The maximum Gasteiger partial charge on any atom is 0.413 e. The van der Waals surface area contributed by atoms with Crippen LogP contribution < -0.4 is 10.2 Å². The Balaban J connectivity index is 1.82. The lowest BCUT2D eigenvalue weighted by Gasteiger charge is -2.31. The first kappa shape index (κ1) is 17.7. The molecule has 10 heteroatoms. The number of carbonyl (C=O) groups excluding carboxylic acids is 1. The van der Waals surface area contributed by atoms with E-state index in [9.17, 15) is 13.6 Å². The quantitative estimate of drug-likeness (QED) is 0.807. The van der Waals surface area contributed by atoms with Gasteiger partial charge >= 0.3 is 6.09 Å². The number of halogens is 2. The van der Waals surface area contributed by atoms with Crippen molar-refractivity contribution in [2.24, 2.45) is 0 Å². The van der Waals surface area contributed by atoms with E-state index in [1.807, 2.05) is 0 Å². The molecule has 0 bridgehead atoms. The molecule has 1 amide bonds. The average Bonchev–Trinajstić information content (AvgIpc) is 2.86. The summed E-state index contributed by atoms with van der Waals surface area (Å²) in [6.07, 6.45) is 0.795. The van der Waals surface area contributed by atoms with Crippen LogP contribution in [0.25, 0.3) is 0 Å². The zero-order chi connectivity index (χ0) is 18.0. The Kier molecular flexibility index (Phi) is 5.28. The van der Waals surface area contributed by atoms with Crippen molar-refractivity contribution in [3.05, 3.63) is 33.3 Å². The number of anilines is 2. The lowest BCUT2D eigenvalue weighted by molar-refractivity contribution is 0.168. The van der Waals surface area contributed by atoms with Gasteiger partial charge in [-0.15, -0.1) is 5.10 Å². The Morgan fingerprint density at radius 2 is 2.28 bits per heavy atom. The van der Waals surface area contributed by atoms with Crippen LogP contribution >= 0.6 is 23.6 Å². The highest BCUT2D eigenvalue weighted by molar-refractivity contribution is 7.73. The topological polar surface area (TPSA) is 59.4 Å². The summed E-state index contributed by atoms with van der Waals surface area (Å²) < 4.78 is 34.4. The van der Waals surface area contributed by atoms with Crippen molar-refractivity contribution in [1.29, 1.82) is 0 Å². The van der Waals surface area contributed by atoms with Gasteiger partial charge in [0.25, 0.3) is 0 Å². The Morgan fingerprint density at radius 1 is 1.48 bits per heavy atom. The van der Waals surface area contributed by atoms with E-state index >= 15 is 0 Å². The van der Waals surface area contributed by atoms with Gasteiger partial charge in [0.15, 0.2) is 3.95 Å². The molecule has 0 saturated carbocycles. The van der Waals surface area contributed by atoms with E-state index in [-0.39, 0.29) is 13.3 Å². The third kappa shape index (κ3) is 3.96. The van der Waals surface area contributed by atoms with Crippen molar-refractivity contribution < 1.29 is 18.3 Å². The SMILES string of the molecule is CCOC(=O)Nc1nn(CN2CCCc3cc(F)cc(F)c32)c(=S)s1.